The van der Waals surface area contributed by atoms with Crippen LogP contribution in [0, 0.1) is 5.92 Å². The third-order valence-electron chi connectivity index (χ3n) is 4.73. The zero-order chi connectivity index (χ0) is 14.4. The summed E-state index contributed by atoms with van der Waals surface area (Å²) in [6.07, 6.45) is 5.36. The van der Waals surface area contributed by atoms with E-state index >= 15 is 0 Å². The maximum absolute atomic E-state index is 9.57. The first-order valence-corrected chi connectivity index (χ1v) is 8.49. The lowest BCUT2D eigenvalue weighted by molar-refractivity contribution is 0.0641. The normalized spacial score (nSPS) is 30.0. The van der Waals surface area contributed by atoms with Gasteiger partial charge in [-0.25, -0.2) is 0 Å². The van der Waals surface area contributed by atoms with Gasteiger partial charge in [-0.15, -0.1) is 0 Å². The van der Waals surface area contributed by atoms with Gasteiger partial charge in [-0.05, 0) is 38.3 Å². The van der Waals surface area contributed by atoms with Crippen LogP contribution in [-0.2, 0) is 0 Å². The molecule has 0 bridgehead atoms. The molecule has 0 aliphatic carbocycles. The molecule has 2 aliphatic heterocycles. The Hall–Kier alpha value is -0.160. The molecule has 2 N–H and O–H groups in total. The number of likely N-dealkylation sites (tertiary alicyclic amines) is 1. The van der Waals surface area contributed by atoms with E-state index in [1.807, 2.05) is 0 Å². The van der Waals surface area contributed by atoms with Crippen LogP contribution in [-0.4, -0.2) is 72.9 Å². The van der Waals surface area contributed by atoms with Crippen molar-refractivity contribution in [1.29, 1.82) is 0 Å². The van der Waals surface area contributed by atoms with E-state index < -0.39 is 0 Å². The molecule has 0 saturated carbocycles. The molecule has 0 spiro atoms. The Morgan fingerprint density at radius 1 is 1.15 bits per heavy atom. The number of hydrogen-bond donors (Lipinski definition) is 2. The number of nitrogens with one attached hydrogen (secondary N) is 1. The standard InChI is InChI=1S/C16H33N3O/c1-14(2)10-15-12-19(16(13-20)11-17-15)9-8-18-6-4-3-5-7-18/h14-17,20H,3-13H2,1-2H3. The quantitative estimate of drug-likeness (QED) is 0.767. The summed E-state index contributed by atoms with van der Waals surface area (Å²) in [5.41, 5.74) is 0. The maximum Gasteiger partial charge on any atom is 0.0599 e. The summed E-state index contributed by atoms with van der Waals surface area (Å²) in [6, 6.07) is 0.905. The molecule has 4 heteroatoms. The van der Waals surface area contributed by atoms with Gasteiger partial charge >= 0.3 is 0 Å². The SMILES string of the molecule is CC(C)CC1CN(CCN2CCCCC2)C(CO)CN1. The minimum Gasteiger partial charge on any atom is -0.395 e. The number of hydrogen-bond acceptors (Lipinski definition) is 4. The van der Waals surface area contributed by atoms with Gasteiger partial charge in [-0.2, -0.15) is 0 Å². The predicted octanol–water partition coefficient (Wildman–Crippen LogP) is 1.15. The van der Waals surface area contributed by atoms with Gasteiger partial charge in [0.2, 0.25) is 0 Å². The van der Waals surface area contributed by atoms with Crippen molar-refractivity contribution in [1.82, 2.24) is 15.1 Å². The predicted molar refractivity (Wildman–Crippen MR) is 84.0 cm³/mol. The minimum atomic E-state index is 0.279. The van der Waals surface area contributed by atoms with E-state index in [0.717, 1.165) is 25.6 Å². The largest absolute Gasteiger partial charge is 0.395 e. The van der Waals surface area contributed by atoms with E-state index in [2.05, 4.69) is 29.0 Å². The lowest BCUT2D eigenvalue weighted by atomic mass is 10.00. The molecule has 0 aromatic rings. The monoisotopic (exact) mass is 283 g/mol. The number of aliphatic hydroxyl groups excluding tert-OH is 1. The Morgan fingerprint density at radius 3 is 2.55 bits per heavy atom. The molecule has 118 valence electrons. The van der Waals surface area contributed by atoms with Crippen LogP contribution in [0.15, 0.2) is 0 Å². The first-order valence-electron chi connectivity index (χ1n) is 8.49. The first kappa shape index (κ1) is 16.2. The lowest BCUT2D eigenvalue weighted by Crippen LogP contribution is -2.59. The van der Waals surface area contributed by atoms with Crippen LogP contribution in [0.4, 0.5) is 0 Å². The highest BCUT2D eigenvalue weighted by Crippen LogP contribution is 2.14. The Kier molecular flexibility index (Phi) is 6.75. The second-order valence-corrected chi connectivity index (χ2v) is 6.97. The highest BCUT2D eigenvalue weighted by Gasteiger charge is 2.27. The second-order valence-electron chi connectivity index (χ2n) is 6.97. The summed E-state index contributed by atoms with van der Waals surface area (Å²) in [6.45, 7) is 11.7. The Bertz CT molecular complexity index is 266. The van der Waals surface area contributed by atoms with Gasteiger partial charge in [0.15, 0.2) is 0 Å². The first-order chi connectivity index (χ1) is 9.69. The Labute approximate surface area is 124 Å². The molecule has 20 heavy (non-hydrogen) atoms. The van der Waals surface area contributed by atoms with Gasteiger partial charge < -0.3 is 15.3 Å². The third kappa shape index (κ3) is 4.99. The fourth-order valence-electron chi connectivity index (χ4n) is 3.56. The van der Waals surface area contributed by atoms with Gasteiger partial charge in [-0.3, -0.25) is 4.90 Å². The fraction of sp³-hybridized carbons (Fsp3) is 1.00. The van der Waals surface area contributed by atoms with Crippen molar-refractivity contribution < 1.29 is 5.11 Å². The van der Waals surface area contributed by atoms with Crippen LogP contribution in [0.5, 0.6) is 0 Å². The summed E-state index contributed by atoms with van der Waals surface area (Å²) in [5, 5.41) is 13.2. The van der Waals surface area contributed by atoms with Crippen LogP contribution in [0.25, 0.3) is 0 Å². The molecule has 0 radical (unpaired) electrons. The molecule has 2 heterocycles. The number of aliphatic hydroxyl groups is 1. The highest BCUT2D eigenvalue weighted by atomic mass is 16.3. The van der Waals surface area contributed by atoms with Gasteiger partial charge in [-0.1, -0.05) is 20.3 Å². The van der Waals surface area contributed by atoms with Crippen LogP contribution in [0.1, 0.15) is 39.5 Å². The average molecular weight is 283 g/mol. The molecule has 2 atom stereocenters. The number of rotatable bonds is 6. The molecule has 2 aliphatic rings. The number of piperidine rings is 1. The number of nitrogens with zero attached hydrogens (tertiary/aromatic N) is 2. The molecule has 0 aromatic heterocycles. The van der Waals surface area contributed by atoms with Crippen molar-refractivity contribution in [2.45, 2.75) is 51.6 Å². The number of piperazine rings is 1. The van der Waals surface area contributed by atoms with Gasteiger partial charge in [0.25, 0.3) is 0 Å². The molecule has 0 aromatic carbocycles. The van der Waals surface area contributed by atoms with E-state index in [1.165, 1.54) is 45.3 Å². The molecule has 2 fully saturated rings. The van der Waals surface area contributed by atoms with E-state index in [-0.39, 0.29) is 6.61 Å². The molecule has 4 nitrogen and oxygen atoms in total. The molecular formula is C16H33N3O. The van der Waals surface area contributed by atoms with Crippen LogP contribution < -0.4 is 5.32 Å². The summed E-state index contributed by atoms with van der Waals surface area (Å²) in [4.78, 5) is 5.11. The molecule has 2 rings (SSSR count). The zero-order valence-electron chi connectivity index (χ0n) is 13.4. The Balaban J connectivity index is 1.78. The van der Waals surface area contributed by atoms with Crippen molar-refractivity contribution in [3.8, 4) is 0 Å². The second kappa shape index (κ2) is 8.32. The Morgan fingerprint density at radius 2 is 1.90 bits per heavy atom. The minimum absolute atomic E-state index is 0.279. The average Bonchev–Trinajstić information content (AvgIpc) is 2.46. The van der Waals surface area contributed by atoms with Crippen molar-refractivity contribution in [3.63, 3.8) is 0 Å². The van der Waals surface area contributed by atoms with Crippen molar-refractivity contribution in [3.05, 3.63) is 0 Å². The topological polar surface area (TPSA) is 38.7 Å². The summed E-state index contributed by atoms with van der Waals surface area (Å²) in [5.74, 6) is 0.738. The van der Waals surface area contributed by atoms with Crippen molar-refractivity contribution in [2.24, 2.45) is 5.92 Å². The fourth-order valence-corrected chi connectivity index (χ4v) is 3.56. The summed E-state index contributed by atoms with van der Waals surface area (Å²) in [7, 11) is 0. The lowest BCUT2D eigenvalue weighted by Gasteiger charge is -2.41. The molecule has 2 saturated heterocycles. The van der Waals surface area contributed by atoms with Crippen molar-refractivity contribution >= 4 is 0 Å². The molecule has 2 unspecified atom stereocenters. The molecule has 0 amide bonds. The smallest absolute Gasteiger partial charge is 0.0599 e. The van der Waals surface area contributed by atoms with E-state index in [0.29, 0.717) is 12.1 Å². The van der Waals surface area contributed by atoms with E-state index in [9.17, 15) is 5.11 Å². The van der Waals surface area contributed by atoms with Gasteiger partial charge in [0.05, 0.1) is 6.61 Å². The highest BCUT2D eigenvalue weighted by molar-refractivity contribution is 4.86. The van der Waals surface area contributed by atoms with Crippen LogP contribution >= 0.6 is 0 Å². The van der Waals surface area contributed by atoms with Gasteiger partial charge in [0.1, 0.15) is 0 Å². The van der Waals surface area contributed by atoms with E-state index in [4.69, 9.17) is 0 Å². The third-order valence-corrected chi connectivity index (χ3v) is 4.73. The van der Waals surface area contributed by atoms with E-state index in [1.54, 1.807) is 0 Å². The van der Waals surface area contributed by atoms with Gasteiger partial charge in [0, 0.05) is 38.3 Å². The maximum atomic E-state index is 9.57. The van der Waals surface area contributed by atoms with Crippen molar-refractivity contribution in [2.75, 3.05) is 45.9 Å². The summed E-state index contributed by atoms with van der Waals surface area (Å²) < 4.78 is 0. The zero-order valence-corrected chi connectivity index (χ0v) is 13.4. The van der Waals surface area contributed by atoms with Crippen LogP contribution in [0.3, 0.4) is 0 Å². The summed E-state index contributed by atoms with van der Waals surface area (Å²) >= 11 is 0. The molecular weight excluding hydrogens is 250 g/mol. The van der Waals surface area contributed by atoms with Crippen LogP contribution in [0.2, 0.25) is 0 Å².